The summed E-state index contributed by atoms with van der Waals surface area (Å²) in [7, 11) is 0. The van der Waals surface area contributed by atoms with E-state index < -0.39 is 0 Å². The Hall–Kier alpha value is -1.55. The molecule has 0 fully saturated rings. The highest BCUT2D eigenvalue weighted by Crippen LogP contribution is 2.23. The molecular formula is C14H22N2O2. The van der Waals surface area contributed by atoms with Crippen molar-refractivity contribution in [3.63, 3.8) is 0 Å². The summed E-state index contributed by atoms with van der Waals surface area (Å²) in [5.41, 5.74) is 0.799. The van der Waals surface area contributed by atoms with Gasteiger partial charge in [-0.1, -0.05) is 25.1 Å². The van der Waals surface area contributed by atoms with Crippen LogP contribution in [0, 0.1) is 0 Å². The number of para-hydroxylation sites is 1. The van der Waals surface area contributed by atoms with Gasteiger partial charge in [0.05, 0.1) is 6.04 Å². The third kappa shape index (κ3) is 4.04. The molecule has 1 aromatic carbocycles. The molecule has 1 aromatic rings. The zero-order valence-electron chi connectivity index (χ0n) is 11.2. The minimum absolute atomic E-state index is 0.0147. The van der Waals surface area contributed by atoms with Crippen LogP contribution >= 0.6 is 0 Å². The molecule has 2 unspecified atom stereocenters. The van der Waals surface area contributed by atoms with E-state index in [4.69, 9.17) is 0 Å². The van der Waals surface area contributed by atoms with Crippen LogP contribution in [0.5, 0.6) is 5.75 Å². The number of rotatable bonds is 6. The average Bonchev–Trinajstić information content (AvgIpc) is 2.36. The first-order chi connectivity index (χ1) is 8.56. The van der Waals surface area contributed by atoms with E-state index in [2.05, 4.69) is 10.6 Å². The van der Waals surface area contributed by atoms with Gasteiger partial charge in [0.15, 0.2) is 0 Å². The smallest absolute Gasteiger partial charge is 0.236 e. The summed E-state index contributed by atoms with van der Waals surface area (Å²) in [5.74, 6) is 0.234. The van der Waals surface area contributed by atoms with E-state index in [9.17, 15) is 9.90 Å². The fourth-order valence-corrected chi connectivity index (χ4v) is 1.80. The van der Waals surface area contributed by atoms with E-state index in [-0.39, 0.29) is 23.7 Å². The second kappa shape index (κ2) is 7.01. The summed E-state index contributed by atoms with van der Waals surface area (Å²) in [6.45, 7) is 6.46. The van der Waals surface area contributed by atoms with Gasteiger partial charge in [-0.2, -0.15) is 0 Å². The largest absolute Gasteiger partial charge is 0.508 e. The Labute approximate surface area is 108 Å². The predicted octanol–water partition coefficient (Wildman–Crippen LogP) is 1.96. The Morgan fingerprint density at radius 1 is 1.33 bits per heavy atom. The molecule has 0 radical (unpaired) electrons. The molecule has 0 aliphatic heterocycles. The first kappa shape index (κ1) is 14.5. The van der Waals surface area contributed by atoms with E-state index >= 15 is 0 Å². The number of phenols is 1. The standard InChI is InChI=1S/C14H22N2O2/c1-4-9-15-14(18)11(3)16-10(2)12-7-5-6-8-13(12)17/h5-8,10-11,16-17H,4,9H2,1-3H3,(H,15,18). The Balaban J connectivity index is 2.57. The van der Waals surface area contributed by atoms with Crippen molar-refractivity contribution in [2.24, 2.45) is 0 Å². The van der Waals surface area contributed by atoms with Gasteiger partial charge in [-0.25, -0.2) is 0 Å². The third-order valence-corrected chi connectivity index (χ3v) is 2.85. The molecule has 18 heavy (non-hydrogen) atoms. The fraction of sp³-hybridized carbons (Fsp3) is 0.500. The number of aromatic hydroxyl groups is 1. The summed E-state index contributed by atoms with van der Waals surface area (Å²) >= 11 is 0. The number of hydrogen-bond donors (Lipinski definition) is 3. The molecule has 3 N–H and O–H groups in total. The molecule has 0 heterocycles. The van der Waals surface area contributed by atoms with Crippen LogP contribution in [0.4, 0.5) is 0 Å². The number of phenolic OH excluding ortho intramolecular Hbond substituents is 1. The molecule has 1 amide bonds. The van der Waals surface area contributed by atoms with Crippen molar-refractivity contribution >= 4 is 5.91 Å². The average molecular weight is 250 g/mol. The summed E-state index contributed by atoms with van der Waals surface area (Å²) in [4.78, 5) is 11.7. The lowest BCUT2D eigenvalue weighted by Gasteiger charge is -2.20. The Kier molecular flexibility index (Phi) is 5.65. The number of nitrogens with one attached hydrogen (secondary N) is 2. The normalized spacial score (nSPS) is 13.9. The lowest BCUT2D eigenvalue weighted by molar-refractivity contribution is -0.122. The van der Waals surface area contributed by atoms with Crippen LogP contribution in [0.15, 0.2) is 24.3 Å². The first-order valence-electron chi connectivity index (χ1n) is 6.38. The molecule has 4 heteroatoms. The zero-order valence-corrected chi connectivity index (χ0v) is 11.2. The van der Waals surface area contributed by atoms with Crippen molar-refractivity contribution in [2.75, 3.05) is 6.54 Å². The molecule has 0 spiro atoms. The van der Waals surface area contributed by atoms with Crippen LogP contribution in [-0.4, -0.2) is 23.6 Å². The van der Waals surface area contributed by atoms with Crippen molar-refractivity contribution in [3.8, 4) is 5.75 Å². The molecule has 4 nitrogen and oxygen atoms in total. The molecule has 0 aliphatic rings. The molecular weight excluding hydrogens is 228 g/mol. The maximum absolute atomic E-state index is 11.7. The van der Waals surface area contributed by atoms with Crippen molar-refractivity contribution in [3.05, 3.63) is 29.8 Å². The monoisotopic (exact) mass is 250 g/mol. The first-order valence-corrected chi connectivity index (χ1v) is 6.38. The van der Waals surface area contributed by atoms with Crippen LogP contribution in [-0.2, 0) is 4.79 Å². The lowest BCUT2D eigenvalue weighted by atomic mass is 10.1. The van der Waals surface area contributed by atoms with Crippen LogP contribution in [0.1, 0.15) is 38.8 Å². The maximum Gasteiger partial charge on any atom is 0.236 e. The molecule has 0 aliphatic carbocycles. The predicted molar refractivity (Wildman–Crippen MR) is 72.4 cm³/mol. The summed E-state index contributed by atoms with van der Waals surface area (Å²) in [5, 5.41) is 15.7. The van der Waals surface area contributed by atoms with Gasteiger partial charge in [0.25, 0.3) is 0 Å². The second-order valence-corrected chi connectivity index (χ2v) is 4.46. The van der Waals surface area contributed by atoms with Crippen molar-refractivity contribution in [2.45, 2.75) is 39.3 Å². The molecule has 0 saturated heterocycles. The van der Waals surface area contributed by atoms with Crippen LogP contribution in [0.2, 0.25) is 0 Å². The SMILES string of the molecule is CCCNC(=O)C(C)NC(C)c1ccccc1O. The van der Waals surface area contributed by atoms with Gasteiger partial charge in [-0.3, -0.25) is 10.1 Å². The number of hydrogen-bond acceptors (Lipinski definition) is 3. The quantitative estimate of drug-likeness (QED) is 0.723. The highest BCUT2D eigenvalue weighted by atomic mass is 16.3. The number of amides is 1. The minimum atomic E-state index is -0.286. The van der Waals surface area contributed by atoms with Gasteiger partial charge in [-0.05, 0) is 26.3 Å². The Bertz CT molecular complexity index is 393. The fourth-order valence-electron chi connectivity index (χ4n) is 1.80. The number of benzene rings is 1. The Morgan fingerprint density at radius 2 is 2.00 bits per heavy atom. The number of carbonyl (C=O) groups excluding carboxylic acids is 1. The molecule has 1 rings (SSSR count). The van der Waals surface area contributed by atoms with Crippen LogP contribution in [0.25, 0.3) is 0 Å². The van der Waals surface area contributed by atoms with Crippen molar-refractivity contribution in [1.29, 1.82) is 0 Å². The topological polar surface area (TPSA) is 61.4 Å². The highest BCUT2D eigenvalue weighted by Gasteiger charge is 2.17. The minimum Gasteiger partial charge on any atom is -0.508 e. The van der Waals surface area contributed by atoms with E-state index in [0.29, 0.717) is 6.54 Å². The zero-order chi connectivity index (χ0) is 13.5. The third-order valence-electron chi connectivity index (χ3n) is 2.85. The molecule has 0 aromatic heterocycles. The molecule has 0 saturated carbocycles. The van der Waals surface area contributed by atoms with Crippen molar-refractivity contribution in [1.82, 2.24) is 10.6 Å². The van der Waals surface area contributed by atoms with E-state index in [1.165, 1.54) is 0 Å². The summed E-state index contributed by atoms with van der Waals surface area (Å²) in [6, 6.07) is 6.79. The Morgan fingerprint density at radius 3 is 2.61 bits per heavy atom. The van der Waals surface area contributed by atoms with E-state index in [0.717, 1.165) is 12.0 Å². The van der Waals surface area contributed by atoms with E-state index in [1.807, 2.05) is 32.9 Å². The van der Waals surface area contributed by atoms with Crippen molar-refractivity contribution < 1.29 is 9.90 Å². The summed E-state index contributed by atoms with van der Waals surface area (Å²) in [6.07, 6.45) is 0.924. The highest BCUT2D eigenvalue weighted by molar-refractivity contribution is 5.81. The molecule has 0 bridgehead atoms. The van der Waals surface area contributed by atoms with Gasteiger partial charge in [0.2, 0.25) is 5.91 Å². The van der Waals surface area contributed by atoms with Crippen LogP contribution < -0.4 is 10.6 Å². The van der Waals surface area contributed by atoms with Gasteiger partial charge in [-0.15, -0.1) is 0 Å². The molecule has 100 valence electrons. The molecule has 2 atom stereocenters. The van der Waals surface area contributed by atoms with Gasteiger partial charge in [0, 0.05) is 18.2 Å². The van der Waals surface area contributed by atoms with Gasteiger partial charge in [0.1, 0.15) is 5.75 Å². The lowest BCUT2D eigenvalue weighted by Crippen LogP contribution is -2.43. The van der Waals surface area contributed by atoms with Crippen LogP contribution in [0.3, 0.4) is 0 Å². The van der Waals surface area contributed by atoms with E-state index in [1.54, 1.807) is 12.1 Å². The van der Waals surface area contributed by atoms with Gasteiger partial charge < -0.3 is 10.4 Å². The number of carbonyl (C=O) groups is 1. The second-order valence-electron chi connectivity index (χ2n) is 4.46. The summed E-state index contributed by atoms with van der Waals surface area (Å²) < 4.78 is 0. The van der Waals surface area contributed by atoms with Gasteiger partial charge >= 0.3 is 0 Å². The maximum atomic E-state index is 11.7.